The average Bonchev–Trinajstić information content (AvgIpc) is 3.41. The fraction of sp³-hybridized carbons (Fsp3) is 0.105. The summed E-state index contributed by atoms with van der Waals surface area (Å²) in [7, 11) is 0. The highest BCUT2D eigenvalue weighted by Gasteiger charge is 2.15. The predicted octanol–water partition coefficient (Wildman–Crippen LogP) is 4.52. The maximum atomic E-state index is 13.6. The normalized spacial score (nSPS) is 10.8. The second-order valence-corrected chi connectivity index (χ2v) is 7.63. The van der Waals surface area contributed by atoms with Gasteiger partial charge in [0.15, 0.2) is 18.2 Å². The summed E-state index contributed by atoms with van der Waals surface area (Å²) < 4.78 is 20.4. The molecule has 0 aliphatic rings. The van der Waals surface area contributed by atoms with Gasteiger partial charge in [-0.2, -0.15) is 9.78 Å². The van der Waals surface area contributed by atoms with Gasteiger partial charge in [-0.3, -0.25) is 4.79 Å². The van der Waals surface area contributed by atoms with Crippen LogP contribution in [0.5, 0.6) is 5.75 Å². The van der Waals surface area contributed by atoms with Crippen molar-refractivity contribution in [2.24, 2.45) is 0 Å². The molecule has 1 aromatic carbocycles. The van der Waals surface area contributed by atoms with Crippen molar-refractivity contribution in [3.63, 3.8) is 0 Å². The summed E-state index contributed by atoms with van der Waals surface area (Å²) >= 11 is 3.04. The Morgan fingerprint density at radius 2 is 2.11 bits per heavy atom. The van der Waals surface area contributed by atoms with E-state index in [1.807, 2.05) is 29.8 Å². The molecule has 4 aromatic rings. The van der Waals surface area contributed by atoms with E-state index in [9.17, 15) is 9.18 Å². The molecule has 0 unspecified atom stereocenters. The van der Waals surface area contributed by atoms with E-state index in [1.54, 1.807) is 34.2 Å². The second kappa shape index (κ2) is 7.91. The summed E-state index contributed by atoms with van der Waals surface area (Å²) in [6, 6.07) is 11.7. The number of thiophene rings is 1. The fourth-order valence-corrected chi connectivity index (χ4v) is 4.06. The highest BCUT2D eigenvalue weighted by Crippen LogP contribution is 2.29. The number of hydrogen-bond donors (Lipinski definition) is 1. The molecular formula is C19H15FN4O2S2. The molecule has 142 valence electrons. The molecular weight excluding hydrogens is 399 g/mol. The molecule has 3 heterocycles. The molecule has 0 aliphatic heterocycles. The van der Waals surface area contributed by atoms with Crippen molar-refractivity contribution < 1.29 is 13.9 Å². The number of halogens is 1. The van der Waals surface area contributed by atoms with Crippen LogP contribution < -0.4 is 10.1 Å². The number of aryl methyl sites for hydroxylation is 1. The highest BCUT2D eigenvalue weighted by atomic mass is 32.1. The van der Waals surface area contributed by atoms with Gasteiger partial charge in [-0.05, 0) is 30.5 Å². The molecule has 9 heteroatoms. The second-order valence-electron chi connectivity index (χ2n) is 5.84. The van der Waals surface area contributed by atoms with Crippen LogP contribution in [-0.4, -0.2) is 27.3 Å². The van der Waals surface area contributed by atoms with Crippen LogP contribution in [0.4, 0.5) is 10.2 Å². The number of carbonyl (C=O) groups is 1. The molecule has 28 heavy (non-hydrogen) atoms. The minimum absolute atomic E-state index is 0.0304. The van der Waals surface area contributed by atoms with Crippen molar-refractivity contribution in [2.45, 2.75) is 6.92 Å². The van der Waals surface area contributed by atoms with Crippen LogP contribution >= 0.6 is 22.7 Å². The van der Waals surface area contributed by atoms with Crippen LogP contribution in [0.1, 0.15) is 5.69 Å². The summed E-state index contributed by atoms with van der Waals surface area (Å²) in [6.45, 7) is 1.51. The smallest absolute Gasteiger partial charge is 0.263 e. The fourth-order valence-electron chi connectivity index (χ4n) is 2.52. The van der Waals surface area contributed by atoms with Crippen molar-refractivity contribution in [2.75, 3.05) is 11.9 Å². The number of hydrogen-bond acceptors (Lipinski definition) is 6. The van der Waals surface area contributed by atoms with Crippen LogP contribution in [0.25, 0.3) is 15.7 Å². The van der Waals surface area contributed by atoms with Crippen molar-refractivity contribution in [1.82, 2.24) is 14.8 Å². The maximum absolute atomic E-state index is 13.6. The number of aromatic nitrogens is 3. The molecule has 0 radical (unpaired) electrons. The average molecular weight is 414 g/mol. The SMILES string of the molecule is Cc1cc(NC(=O)COc2ccccc2F)n(-c2nc(-c3cccs3)cs2)n1. The van der Waals surface area contributed by atoms with Crippen molar-refractivity contribution in [1.29, 1.82) is 0 Å². The van der Waals surface area contributed by atoms with E-state index in [-0.39, 0.29) is 12.4 Å². The zero-order valence-electron chi connectivity index (χ0n) is 14.8. The minimum atomic E-state index is -0.514. The summed E-state index contributed by atoms with van der Waals surface area (Å²) in [6.07, 6.45) is 0. The topological polar surface area (TPSA) is 69.0 Å². The van der Waals surface area contributed by atoms with E-state index >= 15 is 0 Å². The first kappa shape index (κ1) is 18.3. The Labute approximate surface area is 168 Å². The monoisotopic (exact) mass is 414 g/mol. The van der Waals surface area contributed by atoms with Gasteiger partial charge in [0, 0.05) is 11.4 Å². The molecule has 1 amide bonds. The van der Waals surface area contributed by atoms with E-state index in [0.717, 1.165) is 16.3 Å². The number of benzene rings is 1. The molecule has 0 aliphatic carbocycles. The molecule has 0 bridgehead atoms. The van der Waals surface area contributed by atoms with Crippen LogP contribution in [0, 0.1) is 12.7 Å². The lowest BCUT2D eigenvalue weighted by Crippen LogP contribution is -2.22. The summed E-state index contributed by atoms with van der Waals surface area (Å²) in [4.78, 5) is 17.9. The Balaban J connectivity index is 1.49. The van der Waals surface area contributed by atoms with Gasteiger partial charge in [-0.15, -0.1) is 22.7 Å². The van der Waals surface area contributed by atoms with Gasteiger partial charge >= 0.3 is 0 Å². The zero-order valence-corrected chi connectivity index (χ0v) is 16.4. The molecule has 0 atom stereocenters. The highest BCUT2D eigenvalue weighted by molar-refractivity contribution is 7.15. The Morgan fingerprint density at radius 3 is 2.89 bits per heavy atom. The van der Waals surface area contributed by atoms with Crippen LogP contribution in [0.3, 0.4) is 0 Å². The third-order valence-electron chi connectivity index (χ3n) is 3.74. The van der Waals surface area contributed by atoms with Gasteiger partial charge < -0.3 is 10.1 Å². The predicted molar refractivity (Wildman–Crippen MR) is 108 cm³/mol. The molecule has 0 saturated heterocycles. The van der Waals surface area contributed by atoms with Crippen molar-refractivity contribution >= 4 is 34.4 Å². The quantitative estimate of drug-likeness (QED) is 0.504. The van der Waals surface area contributed by atoms with E-state index in [2.05, 4.69) is 15.4 Å². The number of anilines is 1. The lowest BCUT2D eigenvalue weighted by Gasteiger charge is -2.08. The Bertz CT molecular complexity index is 1110. The standard InChI is InChI=1S/C19H15FN4O2S2/c1-12-9-17(22-18(25)10-26-15-6-3-2-5-13(15)20)24(23-12)19-21-14(11-28-19)16-7-4-8-27-16/h2-9,11H,10H2,1H3,(H,22,25). The molecule has 0 saturated carbocycles. The number of carbonyl (C=O) groups excluding carboxylic acids is 1. The molecule has 4 rings (SSSR count). The van der Waals surface area contributed by atoms with Gasteiger partial charge in [-0.25, -0.2) is 9.37 Å². The molecule has 0 spiro atoms. The number of thiazole rings is 1. The van der Waals surface area contributed by atoms with Crippen molar-refractivity contribution in [3.8, 4) is 21.5 Å². The number of nitrogens with one attached hydrogen (secondary N) is 1. The largest absolute Gasteiger partial charge is 0.481 e. The first-order valence-corrected chi connectivity index (χ1v) is 10.1. The van der Waals surface area contributed by atoms with Crippen LogP contribution in [-0.2, 0) is 4.79 Å². The van der Waals surface area contributed by atoms with Crippen LogP contribution in [0.15, 0.2) is 53.2 Å². The number of ether oxygens (including phenoxy) is 1. The van der Waals surface area contributed by atoms with Crippen LogP contribution in [0.2, 0.25) is 0 Å². The maximum Gasteiger partial charge on any atom is 0.263 e. The summed E-state index contributed by atoms with van der Waals surface area (Å²) in [5, 5.41) is 11.7. The third kappa shape index (κ3) is 3.95. The number of nitrogens with zero attached hydrogens (tertiary/aromatic N) is 3. The van der Waals surface area contributed by atoms with Gasteiger partial charge in [0.25, 0.3) is 5.91 Å². The number of rotatable bonds is 6. The van der Waals surface area contributed by atoms with E-state index in [1.165, 1.54) is 23.5 Å². The third-order valence-corrected chi connectivity index (χ3v) is 5.45. The Kier molecular flexibility index (Phi) is 5.18. The Hall–Kier alpha value is -3.04. The molecule has 1 N–H and O–H groups in total. The molecule has 0 fully saturated rings. The minimum Gasteiger partial charge on any atom is -0.481 e. The number of para-hydroxylation sites is 1. The first-order valence-electron chi connectivity index (χ1n) is 8.34. The van der Waals surface area contributed by atoms with Crippen molar-refractivity contribution in [3.05, 3.63) is 64.7 Å². The van der Waals surface area contributed by atoms with Gasteiger partial charge in [0.05, 0.1) is 16.3 Å². The molecule has 3 aromatic heterocycles. The van der Waals surface area contributed by atoms with E-state index < -0.39 is 11.7 Å². The van der Waals surface area contributed by atoms with Gasteiger partial charge in [-0.1, -0.05) is 18.2 Å². The summed E-state index contributed by atoms with van der Waals surface area (Å²) in [5.41, 5.74) is 1.60. The lowest BCUT2D eigenvalue weighted by molar-refractivity contribution is -0.118. The molecule has 6 nitrogen and oxygen atoms in total. The van der Waals surface area contributed by atoms with Gasteiger partial charge in [0.1, 0.15) is 5.82 Å². The van der Waals surface area contributed by atoms with E-state index in [4.69, 9.17) is 4.74 Å². The van der Waals surface area contributed by atoms with Gasteiger partial charge in [0.2, 0.25) is 5.13 Å². The number of amides is 1. The Morgan fingerprint density at radius 1 is 1.25 bits per heavy atom. The first-order chi connectivity index (χ1) is 13.6. The van der Waals surface area contributed by atoms with E-state index in [0.29, 0.717) is 10.9 Å². The zero-order chi connectivity index (χ0) is 19.5. The lowest BCUT2D eigenvalue weighted by atomic mass is 10.3. The summed E-state index contributed by atoms with van der Waals surface area (Å²) in [5.74, 6) is -0.422.